The smallest absolute Gasteiger partial charge is 0.270 e. The van der Waals surface area contributed by atoms with Crippen molar-refractivity contribution in [3.05, 3.63) is 68.7 Å². The van der Waals surface area contributed by atoms with Crippen molar-refractivity contribution in [2.24, 2.45) is 0 Å². The van der Waals surface area contributed by atoms with Crippen LogP contribution in [-0.2, 0) is 0 Å². The summed E-state index contributed by atoms with van der Waals surface area (Å²) in [7, 11) is 0. The van der Waals surface area contributed by atoms with Gasteiger partial charge in [0, 0.05) is 23.2 Å². The Labute approximate surface area is 126 Å². The first-order chi connectivity index (χ1) is 10.0. The molecule has 0 bridgehead atoms. The van der Waals surface area contributed by atoms with Crippen LogP contribution in [0.1, 0.15) is 24.1 Å². The summed E-state index contributed by atoms with van der Waals surface area (Å²) in [4.78, 5) is 10.2. The Morgan fingerprint density at radius 1 is 1.33 bits per heavy atom. The van der Waals surface area contributed by atoms with E-state index in [0.717, 1.165) is 5.56 Å². The van der Waals surface area contributed by atoms with Crippen molar-refractivity contribution in [1.82, 2.24) is 0 Å². The van der Waals surface area contributed by atoms with E-state index in [1.54, 1.807) is 6.07 Å². The monoisotopic (exact) mass is 301 g/mol. The fourth-order valence-electron chi connectivity index (χ4n) is 1.96. The predicted molar refractivity (Wildman–Crippen MR) is 81.3 cm³/mol. The number of nitrogens with one attached hydrogen (secondary N) is 1. The molecule has 0 saturated heterocycles. The van der Waals surface area contributed by atoms with Crippen molar-refractivity contribution in [2.75, 3.05) is 5.32 Å². The maximum atomic E-state index is 10.7. The largest absolute Gasteiger partial charge is 0.377 e. The van der Waals surface area contributed by atoms with Crippen LogP contribution in [0.2, 0.25) is 5.02 Å². The van der Waals surface area contributed by atoms with Gasteiger partial charge in [0.25, 0.3) is 5.69 Å². The Balaban J connectivity index is 2.27. The summed E-state index contributed by atoms with van der Waals surface area (Å²) < 4.78 is 0. The third kappa shape index (κ3) is 3.50. The average molecular weight is 302 g/mol. The Morgan fingerprint density at radius 2 is 2.10 bits per heavy atom. The molecule has 0 radical (unpaired) electrons. The zero-order chi connectivity index (χ0) is 15.4. The number of nitrogens with zero attached hydrogens (tertiary/aromatic N) is 2. The number of benzene rings is 2. The molecule has 1 atom stereocenters. The summed E-state index contributed by atoms with van der Waals surface area (Å²) in [5.74, 6) is 0. The molecule has 0 heterocycles. The molecule has 0 aliphatic heterocycles. The number of nitro benzene ring substituents is 1. The second-order valence-corrected chi connectivity index (χ2v) is 4.96. The van der Waals surface area contributed by atoms with E-state index in [4.69, 9.17) is 16.9 Å². The van der Waals surface area contributed by atoms with Crippen molar-refractivity contribution in [1.29, 1.82) is 5.26 Å². The molecular weight excluding hydrogens is 290 g/mol. The summed E-state index contributed by atoms with van der Waals surface area (Å²) in [6.07, 6.45) is 0. The summed E-state index contributed by atoms with van der Waals surface area (Å²) in [5, 5.41) is 23.6. The van der Waals surface area contributed by atoms with Crippen molar-refractivity contribution < 1.29 is 4.92 Å². The molecule has 0 saturated carbocycles. The predicted octanol–water partition coefficient (Wildman–Crippen LogP) is 4.29. The van der Waals surface area contributed by atoms with E-state index in [2.05, 4.69) is 5.32 Å². The maximum absolute atomic E-state index is 10.7. The van der Waals surface area contributed by atoms with Crippen molar-refractivity contribution in [3.8, 4) is 6.07 Å². The van der Waals surface area contributed by atoms with Crippen LogP contribution in [0.4, 0.5) is 11.4 Å². The van der Waals surface area contributed by atoms with Crippen LogP contribution in [0.3, 0.4) is 0 Å². The minimum atomic E-state index is -0.523. The summed E-state index contributed by atoms with van der Waals surface area (Å²) in [6, 6.07) is 13.4. The van der Waals surface area contributed by atoms with Crippen LogP contribution in [0, 0.1) is 21.4 Å². The SMILES string of the molecule is CC(Nc1ccc([N+](=O)[O-])cc1C#N)c1cccc(Cl)c1. The Morgan fingerprint density at radius 3 is 2.71 bits per heavy atom. The van der Waals surface area contributed by atoms with Crippen LogP contribution in [0.25, 0.3) is 0 Å². The van der Waals surface area contributed by atoms with Crippen LogP contribution in [0.5, 0.6) is 0 Å². The normalized spacial score (nSPS) is 11.5. The zero-order valence-corrected chi connectivity index (χ0v) is 12.0. The molecule has 21 heavy (non-hydrogen) atoms. The van der Waals surface area contributed by atoms with Gasteiger partial charge in [-0.1, -0.05) is 23.7 Å². The number of nitriles is 1. The number of halogens is 1. The fraction of sp³-hybridized carbons (Fsp3) is 0.133. The van der Waals surface area contributed by atoms with Crippen LogP contribution >= 0.6 is 11.6 Å². The first-order valence-corrected chi connectivity index (χ1v) is 6.59. The number of hydrogen-bond acceptors (Lipinski definition) is 4. The van der Waals surface area contributed by atoms with E-state index in [1.165, 1.54) is 18.2 Å². The van der Waals surface area contributed by atoms with Gasteiger partial charge < -0.3 is 5.32 Å². The molecule has 1 N–H and O–H groups in total. The maximum Gasteiger partial charge on any atom is 0.270 e. The molecule has 106 valence electrons. The molecule has 0 fully saturated rings. The van der Waals surface area contributed by atoms with Crippen LogP contribution in [0.15, 0.2) is 42.5 Å². The molecule has 0 amide bonds. The van der Waals surface area contributed by atoms with Crippen molar-refractivity contribution >= 4 is 23.0 Å². The Kier molecular flexibility index (Phi) is 4.41. The number of non-ortho nitro benzene ring substituents is 1. The average Bonchev–Trinajstić information content (AvgIpc) is 2.47. The first-order valence-electron chi connectivity index (χ1n) is 6.22. The summed E-state index contributed by atoms with van der Waals surface area (Å²) >= 11 is 5.95. The van der Waals surface area contributed by atoms with Gasteiger partial charge in [-0.15, -0.1) is 0 Å². The molecule has 0 aliphatic rings. The lowest BCUT2D eigenvalue weighted by atomic mass is 10.1. The third-order valence-electron chi connectivity index (χ3n) is 3.06. The highest BCUT2D eigenvalue weighted by Crippen LogP contribution is 2.26. The van der Waals surface area contributed by atoms with Gasteiger partial charge >= 0.3 is 0 Å². The lowest BCUT2D eigenvalue weighted by Gasteiger charge is -2.16. The van der Waals surface area contributed by atoms with Crippen LogP contribution in [-0.4, -0.2) is 4.92 Å². The lowest BCUT2D eigenvalue weighted by Crippen LogP contribution is -2.08. The van der Waals surface area contributed by atoms with Gasteiger partial charge in [0.05, 0.1) is 16.2 Å². The molecule has 6 heteroatoms. The highest BCUT2D eigenvalue weighted by molar-refractivity contribution is 6.30. The second kappa shape index (κ2) is 6.25. The number of anilines is 1. The summed E-state index contributed by atoms with van der Waals surface area (Å²) in [6.45, 7) is 1.92. The van der Waals surface area contributed by atoms with E-state index in [0.29, 0.717) is 10.7 Å². The molecule has 2 aromatic carbocycles. The third-order valence-corrected chi connectivity index (χ3v) is 3.29. The molecule has 0 aromatic heterocycles. The molecule has 0 aliphatic carbocycles. The van der Waals surface area contributed by atoms with Gasteiger partial charge in [0.1, 0.15) is 6.07 Å². The lowest BCUT2D eigenvalue weighted by molar-refractivity contribution is -0.384. The molecule has 0 spiro atoms. The quantitative estimate of drug-likeness (QED) is 0.674. The summed E-state index contributed by atoms with van der Waals surface area (Å²) in [5.41, 5.74) is 1.64. The minimum Gasteiger partial charge on any atom is -0.377 e. The fourth-order valence-corrected chi connectivity index (χ4v) is 2.16. The molecule has 2 aromatic rings. The van der Waals surface area contributed by atoms with Gasteiger partial charge in [-0.3, -0.25) is 10.1 Å². The van der Waals surface area contributed by atoms with E-state index < -0.39 is 4.92 Å². The van der Waals surface area contributed by atoms with Crippen molar-refractivity contribution in [2.45, 2.75) is 13.0 Å². The van der Waals surface area contributed by atoms with Gasteiger partial charge in [-0.05, 0) is 30.7 Å². The molecule has 2 rings (SSSR count). The topological polar surface area (TPSA) is 79.0 Å². The van der Waals surface area contributed by atoms with Gasteiger partial charge in [0.2, 0.25) is 0 Å². The van der Waals surface area contributed by atoms with E-state index >= 15 is 0 Å². The van der Waals surface area contributed by atoms with E-state index in [9.17, 15) is 10.1 Å². The highest BCUT2D eigenvalue weighted by Gasteiger charge is 2.13. The van der Waals surface area contributed by atoms with Gasteiger partial charge in [-0.2, -0.15) is 5.26 Å². The van der Waals surface area contributed by atoms with Crippen LogP contribution < -0.4 is 5.32 Å². The highest BCUT2D eigenvalue weighted by atomic mass is 35.5. The number of rotatable bonds is 4. The van der Waals surface area contributed by atoms with E-state index in [-0.39, 0.29) is 17.3 Å². The standard InChI is InChI=1S/C15H12ClN3O2/c1-10(11-3-2-4-13(16)7-11)18-15-6-5-14(19(20)21)8-12(15)9-17/h2-8,10,18H,1H3. The molecule has 1 unspecified atom stereocenters. The number of nitro groups is 1. The Bertz CT molecular complexity index is 725. The minimum absolute atomic E-state index is 0.0859. The van der Waals surface area contributed by atoms with Crippen molar-refractivity contribution in [3.63, 3.8) is 0 Å². The first kappa shape index (κ1) is 14.8. The van der Waals surface area contributed by atoms with Gasteiger partial charge in [-0.25, -0.2) is 0 Å². The van der Waals surface area contributed by atoms with E-state index in [1.807, 2.05) is 31.2 Å². The second-order valence-electron chi connectivity index (χ2n) is 4.52. The number of hydrogen-bond donors (Lipinski definition) is 1. The van der Waals surface area contributed by atoms with Gasteiger partial charge in [0.15, 0.2) is 0 Å². The zero-order valence-electron chi connectivity index (χ0n) is 11.2. The molecule has 5 nitrogen and oxygen atoms in total. The Hall–Kier alpha value is -2.58. The molecular formula is C15H12ClN3O2.